The van der Waals surface area contributed by atoms with Crippen LogP contribution in [0.15, 0.2) is 17.5 Å². The van der Waals surface area contributed by atoms with Gasteiger partial charge in [-0.05, 0) is 24.6 Å². The molecule has 0 fully saturated rings. The second-order valence-electron chi connectivity index (χ2n) is 4.40. The van der Waals surface area contributed by atoms with E-state index in [0.717, 1.165) is 16.3 Å². The van der Waals surface area contributed by atoms with E-state index in [9.17, 15) is 4.21 Å². The van der Waals surface area contributed by atoms with Crippen molar-refractivity contribution in [1.29, 1.82) is 0 Å². The molecule has 0 spiro atoms. The summed E-state index contributed by atoms with van der Waals surface area (Å²) in [5, 5.41) is 3.43. The van der Waals surface area contributed by atoms with Crippen molar-refractivity contribution in [2.24, 2.45) is 0 Å². The summed E-state index contributed by atoms with van der Waals surface area (Å²) in [6.45, 7) is 2.12. The second-order valence-corrected chi connectivity index (χ2v) is 7.32. The summed E-state index contributed by atoms with van der Waals surface area (Å²) in [6.07, 6.45) is 0. The predicted molar refractivity (Wildman–Crippen MR) is 80.0 cm³/mol. The molecule has 1 aromatic carbocycles. The van der Waals surface area contributed by atoms with E-state index in [1.165, 1.54) is 0 Å². The van der Waals surface area contributed by atoms with Gasteiger partial charge in [-0.3, -0.25) is 4.21 Å². The third-order valence-corrected chi connectivity index (χ3v) is 5.17. The Morgan fingerprint density at radius 2 is 2.25 bits per heavy atom. The zero-order chi connectivity index (χ0) is 14.1. The normalized spacial score (nSPS) is 14.5. The summed E-state index contributed by atoms with van der Waals surface area (Å²) in [5.41, 5.74) is 1.75. The summed E-state index contributed by atoms with van der Waals surface area (Å²) in [5.74, 6) is 2.06. The Balaban J connectivity index is 1.71. The van der Waals surface area contributed by atoms with E-state index in [2.05, 4.69) is 4.98 Å². The van der Waals surface area contributed by atoms with Crippen LogP contribution in [0.25, 0.3) is 0 Å². The number of aryl methyl sites for hydroxylation is 1. The molecule has 20 heavy (non-hydrogen) atoms. The number of benzene rings is 1. The van der Waals surface area contributed by atoms with Gasteiger partial charge in [-0.1, -0.05) is 11.6 Å². The molecular weight excluding hydrogens is 318 g/mol. The fourth-order valence-corrected chi connectivity index (χ4v) is 4.10. The molecule has 2 heterocycles. The van der Waals surface area contributed by atoms with E-state index in [0.29, 0.717) is 28.0 Å². The van der Waals surface area contributed by atoms with Crippen LogP contribution in [0.5, 0.6) is 11.5 Å². The minimum atomic E-state index is -1.02. The molecule has 1 aliphatic heterocycles. The molecule has 1 atom stereocenters. The number of halogens is 1. The van der Waals surface area contributed by atoms with Gasteiger partial charge in [0.15, 0.2) is 11.5 Å². The molecule has 0 saturated heterocycles. The predicted octanol–water partition coefficient (Wildman–Crippen LogP) is 3.28. The van der Waals surface area contributed by atoms with Crippen LogP contribution in [0.3, 0.4) is 0 Å². The van der Waals surface area contributed by atoms with E-state index >= 15 is 0 Å². The maximum atomic E-state index is 12.2. The van der Waals surface area contributed by atoms with Gasteiger partial charge in [0.1, 0.15) is 0 Å². The third-order valence-electron chi connectivity index (χ3n) is 2.79. The largest absolute Gasteiger partial charge is 0.454 e. The van der Waals surface area contributed by atoms with Crippen LogP contribution in [0, 0.1) is 6.92 Å². The highest BCUT2D eigenvalue weighted by atomic mass is 35.5. The molecule has 0 saturated carbocycles. The maximum absolute atomic E-state index is 12.2. The Bertz CT molecular complexity index is 672. The number of fused-ring (bicyclic) bond motifs is 1. The molecule has 1 aliphatic rings. The maximum Gasteiger partial charge on any atom is 0.231 e. The quantitative estimate of drug-likeness (QED) is 0.863. The van der Waals surface area contributed by atoms with Crippen LogP contribution in [0.4, 0.5) is 0 Å². The van der Waals surface area contributed by atoms with Crippen LogP contribution in [0.2, 0.25) is 5.02 Å². The highest BCUT2D eigenvalue weighted by Gasteiger charge is 2.19. The van der Waals surface area contributed by atoms with Crippen molar-refractivity contribution in [2.45, 2.75) is 18.4 Å². The van der Waals surface area contributed by atoms with Crippen molar-refractivity contribution in [3.8, 4) is 11.5 Å². The van der Waals surface area contributed by atoms with Crippen LogP contribution < -0.4 is 9.47 Å². The van der Waals surface area contributed by atoms with Gasteiger partial charge in [-0.2, -0.15) is 0 Å². The van der Waals surface area contributed by atoms with E-state index in [1.807, 2.05) is 18.4 Å². The number of thiazole rings is 1. The average molecular weight is 330 g/mol. The zero-order valence-electron chi connectivity index (χ0n) is 10.7. The van der Waals surface area contributed by atoms with Crippen molar-refractivity contribution in [1.82, 2.24) is 4.98 Å². The molecule has 0 radical (unpaired) electrons. The minimum absolute atomic E-state index is 0.180. The monoisotopic (exact) mass is 329 g/mol. The molecule has 0 amide bonds. The summed E-state index contributed by atoms with van der Waals surface area (Å²) >= 11 is 7.68. The smallest absolute Gasteiger partial charge is 0.231 e. The first-order chi connectivity index (χ1) is 9.61. The van der Waals surface area contributed by atoms with E-state index in [-0.39, 0.29) is 6.79 Å². The Hall–Kier alpha value is -1.11. The highest BCUT2D eigenvalue weighted by molar-refractivity contribution is 7.83. The van der Waals surface area contributed by atoms with Crippen molar-refractivity contribution >= 4 is 33.7 Å². The highest BCUT2D eigenvalue weighted by Crippen LogP contribution is 2.40. The fraction of sp³-hybridized carbons (Fsp3) is 0.308. The van der Waals surface area contributed by atoms with Crippen molar-refractivity contribution in [2.75, 3.05) is 6.79 Å². The van der Waals surface area contributed by atoms with Gasteiger partial charge in [0.05, 0.1) is 21.5 Å². The summed E-state index contributed by atoms with van der Waals surface area (Å²) in [7, 11) is -1.02. The number of aromatic nitrogens is 1. The lowest BCUT2D eigenvalue weighted by molar-refractivity contribution is 0.174. The molecule has 4 nitrogen and oxygen atoms in total. The molecule has 106 valence electrons. The minimum Gasteiger partial charge on any atom is -0.454 e. The van der Waals surface area contributed by atoms with Gasteiger partial charge >= 0.3 is 0 Å². The molecule has 0 unspecified atom stereocenters. The second kappa shape index (κ2) is 5.71. The summed E-state index contributed by atoms with van der Waals surface area (Å²) in [6, 6.07) is 3.61. The Morgan fingerprint density at radius 1 is 1.40 bits per heavy atom. The Kier molecular flexibility index (Phi) is 3.96. The lowest BCUT2D eigenvalue weighted by atomic mass is 10.2. The molecular formula is C13H12ClNO3S2. The number of ether oxygens (including phenoxy) is 2. The molecule has 1 aromatic heterocycles. The third kappa shape index (κ3) is 2.97. The van der Waals surface area contributed by atoms with Crippen molar-refractivity contribution in [3.05, 3.63) is 38.8 Å². The lowest BCUT2D eigenvalue weighted by Crippen LogP contribution is -2.00. The van der Waals surface area contributed by atoms with Crippen LogP contribution in [-0.2, 0) is 22.3 Å². The van der Waals surface area contributed by atoms with Gasteiger partial charge in [-0.15, -0.1) is 11.3 Å². The first-order valence-corrected chi connectivity index (χ1v) is 8.70. The molecule has 3 rings (SSSR count). The topological polar surface area (TPSA) is 48.4 Å². The number of hydrogen-bond acceptors (Lipinski definition) is 5. The first kappa shape index (κ1) is 13.9. The van der Waals surface area contributed by atoms with Gasteiger partial charge in [-0.25, -0.2) is 4.98 Å². The Labute approximate surface area is 128 Å². The van der Waals surface area contributed by atoms with Gasteiger partial charge in [0.25, 0.3) is 0 Å². The number of hydrogen-bond donors (Lipinski definition) is 0. The fourth-order valence-electron chi connectivity index (χ4n) is 1.98. The SMILES string of the molecule is Cc1nc(C[S@](=O)Cc2cc(Cl)c3c(c2)OCO3)cs1. The zero-order valence-corrected chi connectivity index (χ0v) is 13.1. The van der Waals surface area contributed by atoms with E-state index in [4.69, 9.17) is 21.1 Å². The summed E-state index contributed by atoms with van der Waals surface area (Å²) < 4.78 is 22.7. The Morgan fingerprint density at radius 3 is 3.00 bits per heavy atom. The molecule has 0 bridgehead atoms. The van der Waals surface area contributed by atoms with Crippen molar-refractivity contribution in [3.63, 3.8) is 0 Å². The lowest BCUT2D eigenvalue weighted by Gasteiger charge is -2.05. The average Bonchev–Trinajstić information content (AvgIpc) is 2.98. The van der Waals surface area contributed by atoms with E-state index < -0.39 is 10.8 Å². The van der Waals surface area contributed by atoms with Crippen LogP contribution >= 0.6 is 22.9 Å². The molecule has 0 aliphatic carbocycles. The molecule has 0 N–H and O–H groups in total. The standard InChI is InChI=1S/C13H12ClNO3S2/c1-8-15-10(4-19-8)6-20(16)5-9-2-11(14)13-12(3-9)17-7-18-13/h2-4H,5-7H2,1H3/t20-/m1/s1. The van der Waals surface area contributed by atoms with E-state index in [1.54, 1.807) is 17.4 Å². The van der Waals surface area contributed by atoms with Crippen molar-refractivity contribution < 1.29 is 13.7 Å². The first-order valence-electron chi connectivity index (χ1n) is 5.96. The summed E-state index contributed by atoms with van der Waals surface area (Å²) in [4.78, 5) is 4.32. The van der Waals surface area contributed by atoms with Gasteiger partial charge in [0, 0.05) is 21.9 Å². The van der Waals surface area contributed by atoms with Gasteiger partial charge < -0.3 is 9.47 Å². The van der Waals surface area contributed by atoms with Gasteiger partial charge in [0.2, 0.25) is 6.79 Å². The van der Waals surface area contributed by atoms with Crippen LogP contribution in [0.1, 0.15) is 16.3 Å². The molecule has 2 aromatic rings. The number of rotatable bonds is 4. The number of nitrogens with zero attached hydrogens (tertiary/aromatic N) is 1. The van der Waals surface area contributed by atoms with Crippen LogP contribution in [-0.4, -0.2) is 16.0 Å². The molecule has 7 heteroatoms.